The summed E-state index contributed by atoms with van der Waals surface area (Å²) in [6.07, 6.45) is 4.44. The highest BCUT2D eigenvalue weighted by Crippen LogP contribution is 2.22. The first-order valence-corrected chi connectivity index (χ1v) is 5.44. The SMILES string of the molecule is Nc1c(NC2CCC(O)CC2)nc[nH]c1=O. The lowest BCUT2D eigenvalue weighted by Crippen LogP contribution is -2.29. The highest BCUT2D eigenvalue weighted by Gasteiger charge is 2.20. The van der Waals surface area contributed by atoms with Gasteiger partial charge in [0.15, 0.2) is 5.82 Å². The third-order valence-electron chi connectivity index (χ3n) is 2.93. The molecule has 1 aromatic heterocycles. The summed E-state index contributed by atoms with van der Waals surface area (Å²) in [7, 11) is 0. The van der Waals surface area contributed by atoms with Gasteiger partial charge in [-0.15, -0.1) is 0 Å². The molecule has 0 amide bonds. The fraction of sp³-hybridized carbons (Fsp3) is 0.600. The van der Waals surface area contributed by atoms with Crippen LogP contribution in [0.3, 0.4) is 0 Å². The number of aromatic nitrogens is 2. The number of nitrogens with zero attached hydrogens (tertiary/aromatic N) is 1. The number of rotatable bonds is 2. The number of nitrogen functional groups attached to an aromatic ring is 1. The summed E-state index contributed by atoms with van der Waals surface area (Å²) in [5.41, 5.74) is 5.40. The molecule has 1 fully saturated rings. The molecule has 88 valence electrons. The van der Waals surface area contributed by atoms with Gasteiger partial charge >= 0.3 is 0 Å². The zero-order chi connectivity index (χ0) is 11.5. The van der Waals surface area contributed by atoms with Crippen molar-refractivity contribution in [2.75, 3.05) is 11.1 Å². The Morgan fingerprint density at radius 1 is 1.44 bits per heavy atom. The Morgan fingerprint density at radius 3 is 2.81 bits per heavy atom. The summed E-state index contributed by atoms with van der Waals surface area (Å²) in [6.45, 7) is 0. The van der Waals surface area contributed by atoms with E-state index >= 15 is 0 Å². The Labute approximate surface area is 92.9 Å². The van der Waals surface area contributed by atoms with Crippen molar-refractivity contribution in [2.45, 2.75) is 37.8 Å². The second kappa shape index (κ2) is 4.52. The number of aliphatic hydroxyl groups is 1. The van der Waals surface area contributed by atoms with Crippen LogP contribution in [0.5, 0.6) is 0 Å². The first-order chi connectivity index (χ1) is 7.66. The van der Waals surface area contributed by atoms with Crippen molar-refractivity contribution in [2.24, 2.45) is 0 Å². The van der Waals surface area contributed by atoms with Gasteiger partial charge in [-0.1, -0.05) is 0 Å². The van der Waals surface area contributed by atoms with E-state index in [4.69, 9.17) is 5.73 Å². The maximum atomic E-state index is 11.2. The lowest BCUT2D eigenvalue weighted by Gasteiger charge is -2.26. The van der Waals surface area contributed by atoms with Gasteiger partial charge in [-0.3, -0.25) is 4.79 Å². The zero-order valence-electron chi connectivity index (χ0n) is 8.94. The van der Waals surface area contributed by atoms with Gasteiger partial charge in [-0.2, -0.15) is 0 Å². The normalized spacial score (nSPS) is 25.3. The lowest BCUT2D eigenvalue weighted by atomic mass is 9.93. The maximum absolute atomic E-state index is 11.2. The molecule has 1 saturated carbocycles. The first kappa shape index (κ1) is 10.9. The third kappa shape index (κ3) is 2.33. The quantitative estimate of drug-likeness (QED) is 0.569. The summed E-state index contributed by atoms with van der Waals surface area (Å²) in [4.78, 5) is 17.6. The number of H-pyrrole nitrogens is 1. The van der Waals surface area contributed by atoms with Crippen LogP contribution in [-0.2, 0) is 0 Å². The third-order valence-corrected chi connectivity index (χ3v) is 2.93. The molecule has 0 aliphatic heterocycles. The minimum atomic E-state index is -0.326. The minimum Gasteiger partial charge on any atom is -0.393 e. The average Bonchev–Trinajstić information content (AvgIpc) is 2.28. The van der Waals surface area contributed by atoms with Crippen molar-refractivity contribution in [3.8, 4) is 0 Å². The predicted molar refractivity (Wildman–Crippen MR) is 61.2 cm³/mol. The van der Waals surface area contributed by atoms with Crippen molar-refractivity contribution in [3.63, 3.8) is 0 Å². The molecule has 0 atom stereocenters. The predicted octanol–water partition coefficient (Wildman–Crippen LogP) is 0.0675. The van der Waals surface area contributed by atoms with Gasteiger partial charge in [0.05, 0.1) is 12.4 Å². The van der Waals surface area contributed by atoms with Crippen molar-refractivity contribution >= 4 is 11.5 Å². The van der Waals surface area contributed by atoms with Crippen LogP contribution in [-0.4, -0.2) is 27.2 Å². The van der Waals surface area contributed by atoms with Crippen molar-refractivity contribution in [3.05, 3.63) is 16.7 Å². The molecule has 0 unspecified atom stereocenters. The van der Waals surface area contributed by atoms with Gasteiger partial charge in [0.1, 0.15) is 5.69 Å². The highest BCUT2D eigenvalue weighted by molar-refractivity contribution is 5.59. The fourth-order valence-electron chi connectivity index (χ4n) is 1.94. The molecule has 1 aliphatic rings. The van der Waals surface area contributed by atoms with Gasteiger partial charge in [-0.25, -0.2) is 4.98 Å². The van der Waals surface area contributed by atoms with E-state index in [1.165, 1.54) is 6.33 Å². The molecule has 0 bridgehead atoms. The van der Waals surface area contributed by atoms with Crippen LogP contribution in [0.2, 0.25) is 0 Å². The molecule has 0 spiro atoms. The highest BCUT2D eigenvalue weighted by atomic mass is 16.3. The summed E-state index contributed by atoms with van der Waals surface area (Å²) in [5.74, 6) is 0.435. The molecular weight excluding hydrogens is 208 g/mol. The molecule has 6 nitrogen and oxygen atoms in total. The molecule has 1 aliphatic carbocycles. The molecule has 2 rings (SSSR count). The van der Waals surface area contributed by atoms with Crippen LogP contribution in [0.4, 0.5) is 11.5 Å². The van der Waals surface area contributed by atoms with Crippen molar-refractivity contribution < 1.29 is 5.11 Å². The lowest BCUT2D eigenvalue weighted by molar-refractivity contribution is 0.126. The van der Waals surface area contributed by atoms with E-state index in [2.05, 4.69) is 15.3 Å². The average molecular weight is 224 g/mol. The van der Waals surface area contributed by atoms with Crippen LogP contribution in [0.1, 0.15) is 25.7 Å². The Kier molecular flexibility index (Phi) is 3.09. The van der Waals surface area contributed by atoms with Crippen LogP contribution in [0, 0.1) is 0 Å². The van der Waals surface area contributed by atoms with E-state index in [0.29, 0.717) is 5.82 Å². The Hall–Kier alpha value is -1.56. The molecule has 1 heterocycles. The summed E-state index contributed by atoms with van der Waals surface area (Å²) in [5, 5.41) is 12.5. The Morgan fingerprint density at radius 2 is 2.12 bits per heavy atom. The molecule has 0 aromatic carbocycles. The summed E-state index contributed by atoms with van der Waals surface area (Å²) < 4.78 is 0. The van der Waals surface area contributed by atoms with Crippen LogP contribution in [0.15, 0.2) is 11.1 Å². The Bertz CT molecular complexity index is 410. The number of nitrogens with two attached hydrogens (primary N) is 1. The summed E-state index contributed by atoms with van der Waals surface area (Å²) in [6, 6.07) is 0.236. The van der Waals surface area contributed by atoms with Crippen LogP contribution in [0.25, 0.3) is 0 Å². The molecule has 0 saturated heterocycles. The number of aliphatic hydroxyl groups excluding tert-OH is 1. The largest absolute Gasteiger partial charge is 0.393 e. The fourth-order valence-corrected chi connectivity index (χ4v) is 1.94. The first-order valence-electron chi connectivity index (χ1n) is 5.44. The topological polar surface area (TPSA) is 104 Å². The number of anilines is 2. The van der Waals surface area contributed by atoms with Crippen molar-refractivity contribution in [1.29, 1.82) is 0 Å². The number of nitrogens with one attached hydrogen (secondary N) is 2. The van der Waals surface area contributed by atoms with E-state index in [9.17, 15) is 9.90 Å². The van der Waals surface area contributed by atoms with Gasteiger partial charge in [0.25, 0.3) is 5.56 Å². The zero-order valence-corrected chi connectivity index (χ0v) is 8.94. The van der Waals surface area contributed by atoms with Crippen LogP contribution >= 0.6 is 0 Å². The van der Waals surface area contributed by atoms with Crippen molar-refractivity contribution in [1.82, 2.24) is 9.97 Å². The van der Waals surface area contributed by atoms with E-state index in [-0.39, 0.29) is 23.4 Å². The molecule has 0 radical (unpaired) electrons. The van der Waals surface area contributed by atoms with E-state index in [1.807, 2.05) is 0 Å². The molecule has 5 N–H and O–H groups in total. The van der Waals surface area contributed by atoms with E-state index in [1.54, 1.807) is 0 Å². The second-order valence-electron chi connectivity index (χ2n) is 4.14. The molecule has 6 heteroatoms. The van der Waals surface area contributed by atoms with Gasteiger partial charge in [0.2, 0.25) is 0 Å². The monoisotopic (exact) mass is 224 g/mol. The van der Waals surface area contributed by atoms with Gasteiger partial charge < -0.3 is 21.1 Å². The smallest absolute Gasteiger partial charge is 0.276 e. The van der Waals surface area contributed by atoms with E-state index in [0.717, 1.165) is 25.7 Å². The molecular formula is C10H16N4O2. The van der Waals surface area contributed by atoms with Gasteiger partial charge in [0, 0.05) is 6.04 Å². The van der Waals surface area contributed by atoms with E-state index < -0.39 is 0 Å². The summed E-state index contributed by atoms with van der Waals surface area (Å²) >= 11 is 0. The second-order valence-corrected chi connectivity index (χ2v) is 4.14. The number of hydrogen-bond donors (Lipinski definition) is 4. The maximum Gasteiger partial charge on any atom is 0.276 e. The van der Waals surface area contributed by atoms with Gasteiger partial charge in [-0.05, 0) is 25.7 Å². The van der Waals surface area contributed by atoms with Crippen LogP contribution < -0.4 is 16.6 Å². The molecule has 16 heavy (non-hydrogen) atoms. The number of hydrogen-bond acceptors (Lipinski definition) is 5. The standard InChI is InChI=1S/C10H16N4O2/c11-8-9(12-5-13-10(8)16)14-6-1-3-7(15)4-2-6/h5-7,15H,1-4,11H2,(H2,12,13,14,16). The molecule has 1 aromatic rings. The minimum absolute atomic E-state index is 0.119. The number of aromatic amines is 1. The Balaban J connectivity index is 2.04.